The quantitative estimate of drug-likeness (QED) is 0.705. The van der Waals surface area contributed by atoms with E-state index in [0.29, 0.717) is 24.1 Å². The van der Waals surface area contributed by atoms with Gasteiger partial charge in [0.1, 0.15) is 5.78 Å². The molecule has 0 radical (unpaired) electrons. The number of hydrogen-bond acceptors (Lipinski definition) is 3. The van der Waals surface area contributed by atoms with E-state index in [-0.39, 0.29) is 0 Å². The van der Waals surface area contributed by atoms with Gasteiger partial charge in [0.05, 0.1) is 11.9 Å². The minimum absolute atomic E-state index is 0.351. The molecule has 3 heteroatoms. The van der Waals surface area contributed by atoms with Gasteiger partial charge in [-0.25, -0.2) is 0 Å². The van der Waals surface area contributed by atoms with Gasteiger partial charge in [-0.2, -0.15) is 0 Å². The van der Waals surface area contributed by atoms with Crippen LogP contribution in [0, 0.1) is 6.92 Å². The molecule has 1 fully saturated rings. The van der Waals surface area contributed by atoms with Crippen LogP contribution in [0.3, 0.4) is 0 Å². The first-order chi connectivity index (χ1) is 9.24. The zero-order valence-corrected chi connectivity index (χ0v) is 12.4. The van der Waals surface area contributed by atoms with Crippen molar-refractivity contribution >= 4 is 17.5 Å². The molecule has 1 aliphatic heterocycles. The normalized spacial score (nSPS) is 18.7. The van der Waals surface area contributed by atoms with Crippen molar-refractivity contribution in [3.63, 3.8) is 0 Å². The second-order valence-electron chi connectivity index (χ2n) is 5.17. The number of thioether (sulfide) groups is 1. The molecule has 0 aliphatic carbocycles. The van der Waals surface area contributed by atoms with Gasteiger partial charge in [-0.05, 0) is 44.7 Å². The van der Waals surface area contributed by atoms with Gasteiger partial charge in [0.2, 0.25) is 0 Å². The molecule has 2 rings (SSSR count). The minimum Gasteiger partial charge on any atom is -0.378 e. The third-order valence-corrected chi connectivity index (χ3v) is 4.45. The Balaban J connectivity index is 1.61. The van der Waals surface area contributed by atoms with E-state index in [1.165, 1.54) is 23.3 Å². The summed E-state index contributed by atoms with van der Waals surface area (Å²) in [6, 6.07) is 8.31. The van der Waals surface area contributed by atoms with E-state index < -0.39 is 0 Å². The van der Waals surface area contributed by atoms with Crippen molar-refractivity contribution in [2.75, 3.05) is 12.4 Å². The predicted octanol–water partition coefficient (Wildman–Crippen LogP) is 4.01. The number of aryl methyl sites for hydroxylation is 1. The van der Waals surface area contributed by atoms with Gasteiger partial charge in [-0.1, -0.05) is 17.7 Å². The van der Waals surface area contributed by atoms with Crippen LogP contribution in [0.1, 0.15) is 37.7 Å². The highest BCUT2D eigenvalue weighted by molar-refractivity contribution is 8.00. The highest BCUT2D eigenvalue weighted by atomic mass is 32.2. The summed E-state index contributed by atoms with van der Waals surface area (Å²) in [5.41, 5.74) is 1.25. The summed E-state index contributed by atoms with van der Waals surface area (Å²) < 4.78 is 5.56. The second kappa shape index (κ2) is 7.71. The number of rotatable bonds is 7. The van der Waals surface area contributed by atoms with Crippen molar-refractivity contribution in [1.82, 2.24) is 0 Å². The molecule has 0 aromatic heterocycles. The van der Waals surface area contributed by atoms with E-state index in [2.05, 4.69) is 25.1 Å². The molecule has 1 aliphatic rings. The van der Waals surface area contributed by atoms with Gasteiger partial charge < -0.3 is 4.74 Å². The highest BCUT2D eigenvalue weighted by Crippen LogP contribution is 2.21. The molecule has 0 spiro atoms. The summed E-state index contributed by atoms with van der Waals surface area (Å²) in [5.74, 6) is 0.944. The molecular formula is C16H22O2S. The maximum Gasteiger partial charge on any atom is 0.143 e. The standard InChI is InChI=1S/C16H22O2S/c1-13-5-2-9-16(11-13)19-12-14(17)6-3-7-15-8-4-10-18-15/h2,5,9,11,15H,3-4,6-8,10,12H2,1H3. The average Bonchev–Trinajstić information content (AvgIpc) is 2.90. The van der Waals surface area contributed by atoms with Crippen LogP contribution in [0.15, 0.2) is 29.2 Å². The van der Waals surface area contributed by atoms with Crippen LogP contribution in [0.2, 0.25) is 0 Å². The lowest BCUT2D eigenvalue weighted by atomic mass is 10.1. The SMILES string of the molecule is Cc1cccc(SCC(=O)CCCC2CCCO2)c1. The van der Waals surface area contributed by atoms with Gasteiger partial charge in [-0.3, -0.25) is 4.79 Å². The first kappa shape index (κ1) is 14.6. The summed E-state index contributed by atoms with van der Waals surface area (Å²) in [5, 5.41) is 0. The van der Waals surface area contributed by atoms with Crippen molar-refractivity contribution in [2.24, 2.45) is 0 Å². The molecule has 1 aromatic rings. The van der Waals surface area contributed by atoms with Crippen molar-refractivity contribution in [3.05, 3.63) is 29.8 Å². The van der Waals surface area contributed by atoms with E-state index >= 15 is 0 Å². The molecule has 0 amide bonds. The summed E-state index contributed by atoms with van der Waals surface area (Å²) in [7, 11) is 0. The largest absolute Gasteiger partial charge is 0.378 e. The van der Waals surface area contributed by atoms with E-state index in [0.717, 1.165) is 19.4 Å². The molecule has 0 N–H and O–H groups in total. The van der Waals surface area contributed by atoms with Crippen LogP contribution in [0.25, 0.3) is 0 Å². The molecular weight excluding hydrogens is 256 g/mol. The zero-order chi connectivity index (χ0) is 13.5. The van der Waals surface area contributed by atoms with E-state index in [4.69, 9.17) is 4.74 Å². The van der Waals surface area contributed by atoms with Gasteiger partial charge >= 0.3 is 0 Å². The van der Waals surface area contributed by atoms with E-state index in [1.54, 1.807) is 11.8 Å². The number of hydrogen-bond donors (Lipinski definition) is 0. The minimum atomic E-state index is 0.351. The fraction of sp³-hybridized carbons (Fsp3) is 0.562. The first-order valence-corrected chi connectivity index (χ1v) is 8.05. The van der Waals surface area contributed by atoms with E-state index in [1.807, 2.05) is 6.07 Å². The summed E-state index contributed by atoms with van der Waals surface area (Å²) in [6.45, 7) is 2.98. The molecule has 2 nitrogen and oxygen atoms in total. The van der Waals surface area contributed by atoms with Gasteiger partial charge in [0.25, 0.3) is 0 Å². The molecule has 19 heavy (non-hydrogen) atoms. The number of carbonyl (C=O) groups is 1. The number of ether oxygens (including phenoxy) is 1. The van der Waals surface area contributed by atoms with Crippen molar-refractivity contribution in [1.29, 1.82) is 0 Å². The van der Waals surface area contributed by atoms with Crippen LogP contribution < -0.4 is 0 Å². The maximum absolute atomic E-state index is 11.8. The summed E-state index contributed by atoms with van der Waals surface area (Å²) in [6.07, 6.45) is 5.48. The molecule has 0 bridgehead atoms. The third kappa shape index (κ3) is 5.37. The fourth-order valence-corrected chi connectivity index (χ4v) is 3.26. The fourth-order valence-electron chi connectivity index (χ4n) is 2.34. The summed E-state index contributed by atoms with van der Waals surface area (Å²) in [4.78, 5) is 13.0. The number of benzene rings is 1. The average molecular weight is 278 g/mol. The monoisotopic (exact) mass is 278 g/mol. The first-order valence-electron chi connectivity index (χ1n) is 7.07. The predicted molar refractivity (Wildman–Crippen MR) is 79.7 cm³/mol. The van der Waals surface area contributed by atoms with Crippen LogP contribution in [0.5, 0.6) is 0 Å². The van der Waals surface area contributed by atoms with Crippen LogP contribution in [-0.4, -0.2) is 24.2 Å². The molecule has 1 saturated heterocycles. The third-order valence-electron chi connectivity index (χ3n) is 3.40. The Bertz CT molecular complexity index is 411. The van der Waals surface area contributed by atoms with E-state index in [9.17, 15) is 4.79 Å². The number of carbonyl (C=O) groups excluding carboxylic acids is 1. The van der Waals surface area contributed by atoms with Gasteiger partial charge in [-0.15, -0.1) is 11.8 Å². The Morgan fingerprint density at radius 2 is 2.37 bits per heavy atom. The van der Waals surface area contributed by atoms with Gasteiger partial charge in [0, 0.05) is 17.9 Å². The zero-order valence-electron chi connectivity index (χ0n) is 11.6. The lowest BCUT2D eigenvalue weighted by Crippen LogP contribution is -2.07. The molecule has 1 atom stereocenters. The molecule has 1 aromatic carbocycles. The molecule has 1 unspecified atom stereocenters. The van der Waals surface area contributed by atoms with Crippen LogP contribution >= 0.6 is 11.8 Å². The lowest BCUT2D eigenvalue weighted by Gasteiger charge is -2.08. The molecule has 1 heterocycles. The second-order valence-corrected chi connectivity index (χ2v) is 6.22. The summed E-state index contributed by atoms with van der Waals surface area (Å²) >= 11 is 1.64. The number of ketones is 1. The highest BCUT2D eigenvalue weighted by Gasteiger charge is 2.15. The van der Waals surface area contributed by atoms with Crippen LogP contribution in [-0.2, 0) is 9.53 Å². The topological polar surface area (TPSA) is 26.3 Å². The van der Waals surface area contributed by atoms with Gasteiger partial charge in [0.15, 0.2) is 0 Å². The van der Waals surface area contributed by atoms with Crippen molar-refractivity contribution in [3.8, 4) is 0 Å². The Hall–Kier alpha value is -0.800. The number of Topliss-reactive ketones (excluding diaryl/α,β-unsaturated/α-hetero) is 1. The Morgan fingerprint density at radius 3 is 3.11 bits per heavy atom. The smallest absolute Gasteiger partial charge is 0.143 e. The Morgan fingerprint density at radius 1 is 1.47 bits per heavy atom. The molecule has 104 valence electrons. The lowest BCUT2D eigenvalue weighted by molar-refractivity contribution is -0.116. The van der Waals surface area contributed by atoms with Crippen LogP contribution in [0.4, 0.5) is 0 Å². The molecule has 0 saturated carbocycles. The van der Waals surface area contributed by atoms with Crippen molar-refractivity contribution < 1.29 is 9.53 Å². The Kier molecular flexibility index (Phi) is 5.93. The maximum atomic E-state index is 11.8. The Labute approximate surface area is 119 Å². The van der Waals surface area contributed by atoms with Crippen molar-refractivity contribution in [2.45, 2.75) is 50.0 Å².